The zero-order valence-electron chi connectivity index (χ0n) is 57.8. The third-order valence-corrected chi connectivity index (χ3v) is 18.9. The van der Waals surface area contributed by atoms with Gasteiger partial charge >= 0.3 is 0 Å². The fraction of sp³-hybridized carbons (Fsp3) is 0.173. The van der Waals surface area contributed by atoms with E-state index in [1.165, 1.54) is 101 Å². The number of fused-ring (bicyclic) bond motifs is 6. The van der Waals surface area contributed by atoms with E-state index < -0.39 is 35.1 Å². The number of Topliss-reactive ketones (excluding diaryl/α,β-unsaturated/α-hetero) is 3. The highest BCUT2D eigenvalue weighted by Gasteiger charge is 2.36. The molecule has 15 heterocycles. The van der Waals surface area contributed by atoms with E-state index in [0.29, 0.717) is 118 Å². The van der Waals surface area contributed by atoms with E-state index in [2.05, 4.69) is 88.9 Å². The molecule has 0 saturated heterocycles. The minimum atomic E-state index is -0.631. The van der Waals surface area contributed by atoms with Gasteiger partial charge in [-0.05, 0) is 23.6 Å². The maximum atomic E-state index is 13.4. The number of H-pyrrole nitrogens is 3. The van der Waals surface area contributed by atoms with Crippen molar-refractivity contribution >= 4 is 67.8 Å². The van der Waals surface area contributed by atoms with Gasteiger partial charge in [0.1, 0.15) is 53.2 Å². The van der Waals surface area contributed by atoms with Gasteiger partial charge in [0.2, 0.25) is 0 Å². The first-order valence-electron chi connectivity index (χ1n) is 33.8. The topological polar surface area (TPSA) is 367 Å². The molecule has 0 unspecified atom stereocenters. The first kappa shape index (κ1) is 67.1. The molecule has 3 aliphatic heterocycles. The molecule has 15 aromatic rings. The summed E-state index contributed by atoms with van der Waals surface area (Å²) in [4.78, 5) is 133. The summed E-state index contributed by atoms with van der Waals surface area (Å²) in [5.74, 6) is 1.19. The molecule has 0 fully saturated rings. The number of hydrogen-bond donors (Lipinski definition) is 3. The molecule has 3 N–H and O–H groups in total. The minimum Gasteiger partial charge on any atom is -0.494 e. The number of benzene rings is 3. The van der Waals surface area contributed by atoms with E-state index in [9.17, 15) is 28.8 Å². The van der Waals surface area contributed by atoms with Crippen molar-refractivity contribution in [2.24, 2.45) is 0 Å². The number of aryl methyl sites for hydroxylation is 1. The first-order valence-corrected chi connectivity index (χ1v) is 33.8. The smallest absolute Gasteiger partial charge is 0.295 e. The average molecular weight is 1430 g/mol. The number of nitrogens with one attached hydrogen (secondary N) is 3. The summed E-state index contributed by atoms with van der Waals surface area (Å²) in [6.07, 6.45) is 23.9. The van der Waals surface area contributed by atoms with Gasteiger partial charge in [0.05, 0.1) is 163 Å². The molecular formula is C75H63N23O9. The molecule has 32 heteroatoms. The average Bonchev–Trinajstić information content (AvgIpc) is 1.39. The lowest BCUT2D eigenvalue weighted by atomic mass is 10.1. The highest BCUT2D eigenvalue weighted by molar-refractivity contribution is 6.46. The molecule has 0 aliphatic carbocycles. The number of rotatable bonds is 15. The zero-order chi connectivity index (χ0) is 73.4. The number of carbonyl (C=O) groups is 6. The van der Waals surface area contributed by atoms with E-state index in [1.807, 2.05) is 110 Å². The molecule has 3 aliphatic rings. The Labute approximate surface area is 606 Å². The van der Waals surface area contributed by atoms with Gasteiger partial charge < -0.3 is 57.6 Å². The van der Waals surface area contributed by atoms with E-state index in [1.54, 1.807) is 25.5 Å². The van der Waals surface area contributed by atoms with Gasteiger partial charge in [-0.25, -0.2) is 49.2 Å². The predicted molar refractivity (Wildman–Crippen MR) is 386 cm³/mol. The van der Waals surface area contributed by atoms with Crippen LogP contribution in [-0.4, -0.2) is 189 Å². The molecule has 532 valence electrons. The molecule has 12 aromatic heterocycles. The molecule has 0 radical (unpaired) electrons. The molecule has 3 aromatic carbocycles. The van der Waals surface area contributed by atoms with Crippen LogP contribution in [0.15, 0.2) is 184 Å². The van der Waals surface area contributed by atoms with E-state index in [0.717, 1.165) is 51.2 Å². The van der Waals surface area contributed by atoms with Crippen molar-refractivity contribution in [2.75, 3.05) is 41.0 Å². The van der Waals surface area contributed by atoms with Gasteiger partial charge in [0.15, 0.2) is 11.6 Å². The number of carbonyl (C=O) groups excluding carboxylic acids is 6. The zero-order valence-corrected chi connectivity index (χ0v) is 57.8. The molecule has 107 heavy (non-hydrogen) atoms. The van der Waals surface area contributed by atoms with Crippen molar-refractivity contribution in [3.63, 3.8) is 0 Å². The van der Waals surface area contributed by atoms with Crippen LogP contribution in [0, 0.1) is 6.92 Å². The monoisotopic (exact) mass is 1430 g/mol. The molecule has 0 bridgehead atoms. The van der Waals surface area contributed by atoms with Crippen molar-refractivity contribution in [1.82, 2.24) is 113 Å². The summed E-state index contributed by atoms with van der Waals surface area (Å²) < 4.78 is 25.7. The van der Waals surface area contributed by atoms with Gasteiger partial charge in [0.25, 0.3) is 35.1 Å². The Balaban J connectivity index is 0.000000123. The Kier molecular flexibility index (Phi) is 17.8. The number of imidazole rings is 3. The molecule has 32 nitrogen and oxygen atoms in total. The van der Waals surface area contributed by atoms with Gasteiger partial charge in [0, 0.05) is 75.8 Å². The van der Waals surface area contributed by atoms with Gasteiger partial charge in [-0.15, -0.1) is 5.10 Å². The van der Waals surface area contributed by atoms with Crippen LogP contribution in [0.4, 0.5) is 0 Å². The number of amides is 3. The Bertz CT molecular complexity index is 5900. The highest BCUT2D eigenvalue weighted by atomic mass is 16.5. The first-order chi connectivity index (χ1) is 52.4. The van der Waals surface area contributed by atoms with Crippen molar-refractivity contribution in [3.05, 3.63) is 224 Å². The SMILES string of the molecule is COc1cnc(-c2cncnc2)c2[nH]cc(C(=O)C(=O)N3CCn4c(-c5ccccc5)cnc4C3)c12.COc1cnc(-n2ccnn2)c2[nH]cc(C(=O)C(=O)N3CCn4c(-c5ccccc5)cnc4C3)c12.COc1cnc(-n2cnc(C)n2)c2[nH]cc(C(=O)C(=O)N3CCn4c(-c5ccccc5)cnc4C3)c12. The lowest BCUT2D eigenvalue weighted by Gasteiger charge is -2.28. The number of nitrogens with zero attached hydrogens (tertiary/aromatic N) is 20. The Morgan fingerprint density at radius 1 is 0.421 bits per heavy atom. The van der Waals surface area contributed by atoms with Gasteiger partial charge in [-0.1, -0.05) is 96.2 Å². The van der Waals surface area contributed by atoms with Crippen LogP contribution in [0.3, 0.4) is 0 Å². The van der Waals surface area contributed by atoms with Crippen molar-refractivity contribution in [2.45, 2.75) is 46.2 Å². The van der Waals surface area contributed by atoms with Crippen LogP contribution in [0.25, 0.3) is 89.4 Å². The lowest BCUT2D eigenvalue weighted by molar-refractivity contribution is -0.128. The normalized spacial score (nSPS) is 13.1. The predicted octanol–water partition coefficient (Wildman–Crippen LogP) is 7.91. The molecular weight excluding hydrogens is 1370 g/mol. The second-order valence-corrected chi connectivity index (χ2v) is 24.9. The number of pyridine rings is 3. The standard InChI is InChI=1S/C26H21N7O3.C25H22N8O3.C24H20N8O3/c1-36-20-13-31-23(17-9-27-15-28-10-17)24-22(20)18(11-30-24)25(34)26(35)32-7-8-33-19(12-29-21(33)14-32)16-5-3-2-4-6-16;1-15-29-14-33(30-15)24-22-21(19(36-2)12-28-24)17(10-27-22)23(34)25(35)31-8-9-32-18(11-26-20(32)13-31)16-6-4-3-5-7-16;1-35-18-13-27-23(32-8-7-28-29-32)21-20(18)16(11-26-21)22(33)24(34)30-9-10-31-17(12-25-19(31)14-30)15-5-3-2-4-6-15/h2-6,9-13,15,30H,7-8,14H2,1H3;3-7,10-12,14,27H,8-9,13H2,1-2H3;2-8,11-13,26H,9-10,14H2,1H3. The maximum Gasteiger partial charge on any atom is 0.295 e. The summed E-state index contributed by atoms with van der Waals surface area (Å²) in [5, 5.41) is 13.5. The number of aromatic nitrogens is 20. The summed E-state index contributed by atoms with van der Waals surface area (Å²) in [7, 11) is 4.48. The van der Waals surface area contributed by atoms with Crippen molar-refractivity contribution < 1.29 is 43.0 Å². The third-order valence-electron chi connectivity index (χ3n) is 18.9. The van der Waals surface area contributed by atoms with Crippen LogP contribution in [-0.2, 0) is 53.7 Å². The summed E-state index contributed by atoms with van der Waals surface area (Å²) in [5.41, 5.74) is 9.67. The largest absolute Gasteiger partial charge is 0.494 e. The fourth-order valence-electron chi connectivity index (χ4n) is 13.7. The molecule has 18 rings (SSSR count). The molecule has 3 amide bonds. The third kappa shape index (κ3) is 12.4. The Morgan fingerprint density at radius 3 is 1.20 bits per heavy atom. The Morgan fingerprint density at radius 2 is 0.813 bits per heavy atom. The van der Waals surface area contributed by atoms with E-state index in [-0.39, 0.29) is 36.3 Å². The molecule has 0 saturated carbocycles. The summed E-state index contributed by atoms with van der Waals surface area (Å²) >= 11 is 0. The highest BCUT2D eigenvalue weighted by Crippen LogP contribution is 2.38. The summed E-state index contributed by atoms with van der Waals surface area (Å²) in [6, 6.07) is 29.9. The molecule has 0 atom stereocenters. The maximum absolute atomic E-state index is 13.4. The van der Waals surface area contributed by atoms with Gasteiger partial charge in [-0.3, -0.25) is 33.8 Å². The van der Waals surface area contributed by atoms with E-state index >= 15 is 0 Å². The number of aromatic amines is 3. The number of methoxy groups -OCH3 is 3. The van der Waals surface area contributed by atoms with Crippen LogP contribution < -0.4 is 14.2 Å². The lowest BCUT2D eigenvalue weighted by Crippen LogP contribution is -2.42. The van der Waals surface area contributed by atoms with Crippen LogP contribution in [0.2, 0.25) is 0 Å². The number of ketones is 3. The molecule has 0 spiro atoms. The van der Waals surface area contributed by atoms with Crippen LogP contribution in [0.5, 0.6) is 17.2 Å². The van der Waals surface area contributed by atoms with Crippen LogP contribution in [0.1, 0.15) is 54.4 Å². The number of ether oxygens (including phenoxy) is 3. The van der Waals surface area contributed by atoms with Crippen molar-refractivity contribution in [1.29, 1.82) is 0 Å². The number of hydrogen-bond acceptors (Lipinski definition) is 21. The van der Waals surface area contributed by atoms with E-state index in [4.69, 9.17) is 14.2 Å². The Hall–Kier alpha value is -14.5. The van der Waals surface area contributed by atoms with Gasteiger partial charge in [-0.2, -0.15) is 5.10 Å². The fourth-order valence-corrected chi connectivity index (χ4v) is 13.7. The van der Waals surface area contributed by atoms with Crippen molar-refractivity contribution in [3.8, 4) is 73.9 Å². The second-order valence-electron chi connectivity index (χ2n) is 24.9. The van der Waals surface area contributed by atoms with Crippen LogP contribution >= 0.6 is 0 Å². The summed E-state index contributed by atoms with van der Waals surface area (Å²) in [6.45, 7) is 5.39. The minimum absolute atomic E-state index is 0.213. The second kappa shape index (κ2) is 28.4. The quantitative estimate of drug-likeness (QED) is 0.0648.